The summed E-state index contributed by atoms with van der Waals surface area (Å²) in [6.07, 6.45) is 8.12. The lowest BCUT2D eigenvalue weighted by atomic mass is 9.89. The molecule has 206 valence electrons. The summed E-state index contributed by atoms with van der Waals surface area (Å²) >= 11 is 0. The zero-order chi connectivity index (χ0) is 27.9. The Kier molecular flexibility index (Phi) is 6.42. The lowest BCUT2D eigenvalue weighted by Crippen LogP contribution is -2.44. The second kappa shape index (κ2) is 10.4. The summed E-state index contributed by atoms with van der Waals surface area (Å²) in [4.78, 5) is 48.2. The highest BCUT2D eigenvalue weighted by molar-refractivity contribution is 6.24. The molecule has 0 radical (unpaired) electrons. The molecular weight excluding hydrogens is 512 g/mol. The molecule has 3 aliphatic rings. The fourth-order valence-electron chi connectivity index (χ4n) is 6.70. The Balaban J connectivity index is 1.23. The highest BCUT2D eigenvalue weighted by Gasteiger charge is 2.53. The first-order chi connectivity index (χ1) is 20.1. The van der Waals surface area contributed by atoms with Gasteiger partial charge in [0.05, 0.1) is 11.3 Å². The molecule has 0 spiro atoms. The summed E-state index contributed by atoms with van der Waals surface area (Å²) in [6, 6.07) is 23.3. The number of nitrogens with zero attached hydrogens (tertiary/aromatic N) is 2. The molecule has 1 saturated heterocycles. The highest BCUT2D eigenvalue weighted by Crippen LogP contribution is 2.45. The molecule has 2 atom stereocenters. The number of H-pyrrole nitrogens is 1. The van der Waals surface area contributed by atoms with E-state index in [1.807, 2.05) is 48.5 Å². The number of allylic oxidation sites excluding steroid dienone is 1. The Bertz CT molecular complexity index is 1690. The quantitative estimate of drug-likeness (QED) is 0.222. The maximum atomic E-state index is 14.2. The minimum Gasteiger partial charge on any atom is -0.356 e. The number of imide groups is 1. The van der Waals surface area contributed by atoms with Gasteiger partial charge in [0.1, 0.15) is 12.1 Å². The Morgan fingerprint density at radius 2 is 1.71 bits per heavy atom. The van der Waals surface area contributed by atoms with Gasteiger partial charge in [0.25, 0.3) is 11.8 Å². The molecule has 2 aliphatic heterocycles. The maximum Gasteiger partial charge on any atom is 0.332 e. The minimum absolute atomic E-state index is 0.279. The normalized spacial score (nSPS) is 20.1. The number of anilines is 1. The summed E-state index contributed by atoms with van der Waals surface area (Å²) in [7, 11) is 0. The standard InChI is InChI=1S/C34H32N4O3/c39-32(35-20-19-22-11-3-1-4-12-22)25-16-8-10-18-28(25)38-33(40)29-21-26-24-15-7-9-17-27(24)36-30(26)31(37(29)34(38)41)23-13-5-2-6-14-23/h2,5-11,13-18,29,31,36H,1,3-4,12,19-21H2,(H,35,39). The molecule has 3 aromatic carbocycles. The summed E-state index contributed by atoms with van der Waals surface area (Å²) in [5.74, 6) is -0.585. The SMILES string of the molecule is O=C(NCCC1=CCCCC1)c1ccccc1N1C(=O)C2Cc3c([nH]c4ccccc34)C(c3ccccc3)N2C1=O. The number of benzene rings is 3. The number of hydrogen-bond acceptors (Lipinski definition) is 3. The van der Waals surface area contributed by atoms with Crippen molar-refractivity contribution in [2.45, 2.75) is 50.6 Å². The van der Waals surface area contributed by atoms with Crippen molar-refractivity contribution < 1.29 is 14.4 Å². The third-order valence-electron chi connectivity index (χ3n) is 8.67. The molecule has 0 saturated carbocycles. The van der Waals surface area contributed by atoms with E-state index >= 15 is 0 Å². The number of nitrogens with one attached hydrogen (secondary N) is 2. The van der Waals surface area contributed by atoms with Crippen LogP contribution in [0.15, 0.2) is 90.5 Å². The molecule has 4 amide bonds. The van der Waals surface area contributed by atoms with Crippen LogP contribution >= 0.6 is 0 Å². The molecule has 2 N–H and O–H groups in total. The van der Waals surface area contributed by atoms with Crippen LogP contribution in [0.25, 0.3) is 10.9 Å². The van der Waals surface area contributed by atoms with Crippen LogP contribution in [0.1, 0.15) is 65.3 Å². The van der Waals surface area contributed by atoms with Gasteiger partial charge < -0.3 is 10.3 Å². The number of hydrogen-bond donors (Lipinski definition) is 2. The highest BCUT2D eigenvalue weighted by atomic mass is 16.2. The molecule has 2 unspecified atom stereocenters. The van der Waals surface area contributed by atoms with Crippen LogP contribution in [0, 0.1) is 0 Å². The van der Waals surface area contributed by atoms with E-state index in [9.17, 15) is 14.4 Å². The number of urea groups is 1. The average molecular weight is 545 g/mol. The zero-order valence-corrected chi connectivity index (χ0v) is 22.8. The topological polar surface area (TPSA) is 85.5 Å². The zero-order valence-electron chi connectivity index (χ0n) is 22.8. The molecule has 3 heterocycles. The first-order valence-electron chi connectivity index (χ1n) is 14.5. The number of amides is 4. The second-order valence-electron chi connectivity index (χ2n) is 11.1. The van der Waals surface area contributed by atoms with Gasteiger partial charge in [0.15, 0.2) is 0 Å². The van der Waals surface area contributed by atoms with Crippen LogP contribution in [-0.2, 0) is 11.2 Å². The van der Waals surface area contributed by atoms with Crippen LogP contribution in [0.5, 0.6) is 0 Å². The van der Waals surface area contributed by atoms with Crippen LogP contribution < -0.4 is 10.2 Å². The Hall–Kier alpha value is -4.65. The van der Waals surface area contributed by atoms with Crippen molar-refractivity contribution in [3.05, 3.63) is 113 Å². The molecule has 1 aliphatic carbocycles. The molecule has 0 bridgehead atoms. The van der Waals surface area contributed by atoms with E-state index in [0.717, 1.165) is 47.0 Å². The van der Waals surface area contributed by atoms with E-state index < -0.39 is 18.1 Å². The van der Waals surface area contributed by atoms with Gasteiger partial charge in [-0.1, -0.05) is 72.3 Å². The number of fused-ring (bicyclic) bond motifs is 4. The van der Waals surface area contributed by atoms with Gasteiger partial charge in [-0.25, -0.2) is 9.69 Å². The number of rotatable bonds is 6. The summed E-state index contributed by atoms with van der Waals surface area (Å²) in [6.45, 7) is 0.521. The van der Waals surface area contributed by atoms with Gasteiger partial charge in [-0.15, -0.1) is 0 Å². The van der Waals surface area contributed by atoms with Crippen molar-refractivity contribution in [1.29, 1.82) is 0 Å². The van der Waals surface area contributed by atoms with Gasteiger partial charge >= 0.3 is 6.03 Å². The van der Waals surface area contributed by atoms with E-state index in [1.54, 1.807) is 29.2 Å². The van der Waals surface area contributed by atoms with E-state index in [1.165, 1.54) is 23.3 Å². The number of carbonyl (C=O) groups excluding carboxylic acids is 3. The largest absolute Gasteiger partial charge is 0.356 e. The van der Waals surface area contributed by atoms with Gasteiger partial charge in [-0.05, 0) is 61.4 Å². The van der Waals surface area contributed by atoms with E-state index in [2.05, 4.69) is 22.4 Å². The van der Waals surface area contributed by atoms with Crippen molar-refractivity contribution in [2.75, 3.05) is 11.4 Å². The van der Waals surface area contributed by atoms with E-state index in [0.29, 0.717) is 24.2 Å². The number of para-hydroxylation sites is 2. The smallest absolute Gasteiger partial charge is 0.332 e. The first kappa shape index (κ1) is 25.3. The van der Waals surface area contributed by atoms with E-state index in [4.69, 9.17) is 0 Å². The second-order valence-corrected chi connectivity index (χ2v) is 11.1. The third kappa shape index (κ3) is 4.32. The molecule has 7 nitrogen and oxygen atoms in total. The fraction of sp³-hybridized carbons (Fsp3) is 0.265. The summed E-state index contributed by atoms with van der Waals surface area (Å²) in [5, 5.41) is 4.08. The van der Waals surface area contributed by atoms with Crippen LogP contribution in [0.2, 0.25) is 0 Å². The lowest BCUT2D eigenvalue weighted by molar-refractivity contribution is -0.120. The molecule has 41 heavy (non-hydrogen) atoms. The van der Waals surface area contributed by atoms with Gasteiger partial charge in [-0.2, -0.15) is 0 Å². The maximum absolute atomic E-state index is 14.2. The first-order valence-corrected chi connectivity index (χ1v) is 14.5. The monoisotopic (exact) mass is 544 g/mol. The van der Waals surface area contributed by atoms with Crippen molar-refractivity contribution in [3.8, 4) is 0 Å². The predicted molar refractivity (Wildman–Crippen MR) is 159 cm³/mol. The van der Waals surface area contributed by atoms with Gasteiger partial charge in [0, 0.05) is 29.6 Å². The van der Waals surface area contributed by atoms with Gasteiger partial charge in [-0.3, -0.25) is 14.5 Å². The van der Waals surface area contributed by atoms with Crippen molar-refractivity contribution in [2.24, 2.45) is 0 Å². The van der Waals surface area contributed by atoms with E-state index in [-0.39, 0.29) is 11.8 Å². The van der Waals surface area contributed by atoms with Crippen molar-refractivity contribution in [3.63, 3.8) is 0 Å². The molecule has 7 rings (SSSR count). The fourth-order valence-corrected chi connectivity index (χ4v) is 6.70. The van der Waals surface area contributed by atoms with Crippen LogP contribution in [0.3, 0.4) is 0 Å². The average Bonchev–Trinajstić information content (AvgIpc) is 3.51. The lowest BCUT2D eigenvalue weighted by Gasteiger charge is -2.36. The Morgan fingerprint density at radius 1 is 0.927 bits per heavy atom. The number of aromatic nitrogens is 1. The number of carbonyl (C=O) groups is 3. The molecule has 1 fully saturated rings. The molecule has 7 heteroatoms. The van der Waals surface area contributed by atoms with Gasteiger partial charge in [0.2, 0.25) is 0 Å². The Morgan fingerprint density at radius 3 is 2.54 bits per heavy atom. The summed E-state index contributed by atoms with van der Waals surface area (Å²) in [5.41, 5.74) is 5.94. The Labute approximate surface area is 238 Å². The van der Waals surface area contributed by atoms with Crippen molar-refractivity contribution in [1.82, 2.24) is 15.2 Å². The van der Waals surface area contributed by atoms with Crippen molar-refractivity contribution >= 4 is 34.4 Å². The molecule has 4 aromatic rings. The third-order valence-corrected chi connectivity index (χ3v) is 8.67. The number of aromatic amines is 1. The van der Waals surface area contributed by atoms with Crippen LogP contribution in [0.4, 0.5) is 10.5 Å². The molecule has 1 aromatic heterocycles. The van der Waals surface area contributed by atoms with Crippen LogP contribution in [-0.4, -0.2) is 40.3 Å². The summed E-state index contributed by atoms with van der Waals surface area (Å²) < 4.78 is 0. The molecular formula is C34H32N4O3. The predicted octanol–water partition coefficient (Wildman–Crippen LogP) is 6.27. The minimum atomic E-state index is -0.672.